The number of aromatic nitrogens is 2. The first kappa shape index (κ1) is 20.3. The third kappa shape index (κ3) is 4.69. The van der Waals surface area contributed by atoms with Crippen LogP contribution < -0.4 is 5.73 Å². The fourth-order valence-electron chi connectivity index (χ4n) is 2.91. The van der Waals surface area contributed by atoms with E-state index in [0.717, 1.165) is 11.8 Å². The van der Waals surface area contributed by atoms with Crippen molar-refractivity contribution in [3.05, 3.63) is 66.2 Å². The number of sulfone groups is 1. The second-order valence-electron chi connectivity index (χ2n) is 6.61. The van der Waals surface area contributed by atoms with Crippen LogP contribution in [0.25, 0.3) is 16.8 Å². The van der Waals surface area contributed by atoms with Crippen LogP contribution >= 0.6 is 0 Å². The molecule has 3 rings (SSSR count). The number of aliphatic carboxylic acids is 1. The van der Waals surface area contributed by atoms with Gasteiger partial charge in [-0.05, 0) is 23.3 Å². The number of hydrogen-bond acceptors (Lipinski definition) is 5. The quantitative estimate of drug-likeness (QED) is 0.402. The third-order valence-electron chi connectivity index (χ3n) is 4.40. The van der Waals surface area contributed by atoms with Crippen LogP contribution in [0.5, 0.6) is 0 Å². The summed E-state index contributed by atoms with van der Waals surface area (Å²) in [6.45, 7) is 0. The molecule has 0 amide bonds. The van der Waals surface area contributed by atoms with E-state index in [2.05, 4.69) is 4.98 Å². The predicted octanol–water partition coefficient (Wildman–Crippen LogP) is 2.24. The van der Waals surface area contributed by atoms with E-state index in [0.29, 0.717) is 22.5 Å². The van der Waals surface area contributed by atoms with Crippen LogP contribution in [-0.4, -0.2) is 41.1 Å². The van der Waals surface area contributed by atoms with Crippen LogP contribution in [0.2, 0.25) is 0 Å². The third-order valence-corrected chi connectivity index (χ3v) is 5.52. The van der Waals surface area contributed by atoms with Gasteiger partial charge in [-0.15, -0.1) is 0 Å². The number of hydrogen-bond donors (Lipinski definition) is 3. The molecule has 0 aliphatic heterocycles. The number of imidazole rings is 1. The highest BCUT2D eigenvalue weighted by Crippen LogP contribution is 2.28. The molecule has 29 heavy (non-hydrogen) atoms. The molecular formula is C20H20N4O4S. The Bertz CT molecular complexity index is 1180. The van der Waals surface area contributed by atoms with Crippen molar-refractivity contribution >= 4 is 21.6 Å². The van der Waals surface area contributed by atoms with Gasteiger partial charge in [0.25, 0.3) is 0 Å². The Labute approximate surface area is 168 Å². The van der Waals surface area contributed by atoms with Crippen molar-refractivity contribution in [2.45, 2.75) is 17.7 Å². The largest absolute Gasteiger partial charge is 0.481 e. The maximum atomic E-state index is 12.4. The molecule has 3 aromatic rings. The van der Waals surface area contributed by atoms with E-state index in [-0.39, 0.29) is 23.6 Å². The summed E-state index contributed by atoms with van der Waals surface area (Å²) < 4.78 is 26.4. The number of rotatable bonds is 7. The lowest BCUT2D eigenvalue weighted by molar-refractivity contribution is -0.136. The van der Waals surface area contributed by atoms with Gasteiger partial charge in [-0.2, -0.15) is 0 Å². The van der Waals surface area contributed by atoms with Crippen molar-refractivity contribution in [3.63, 3.8) is 0 Å². The first-order valence-electron chi connectivity index (χ1n) is 8.69. The summed E-state index contributed by atoms with van der Waals surface area (Å²) in [7, 11) is -3.55. The number of benzene rings is 2. The first-order chi connectivity index (χ1) is 13.6. The lowest BCUT2D eigenvalue weighted by Crippen LogP contribution is -2.10. The van der Waals surface area contributed by atoms with Gasteiger partial charge in [0.1, 0.15) is 5.84 Å². The molecule has 0 fully saturated rings. The molecule has 0 spiro atoms. The van der Waals surface area contributed by atoms with E-state index in [1.54, 1.807) is 53.2 Å². The maximum absolute atomic E-state index is 12.4. The zero-order valence-corrected chi connectivity index (χ0v) is 16.5. The molecule has 1 aromatic heterocycles. The number of nitrogens with one attached hydrogen (secondary N) is 1. The SMILES string of the molecule is CS(=O)(=O)c1cc(-c2ccc(C(=N)N)cc2)ccc1-n1cnc(CCC(=O)O)c1. The Balaban J connectivity index is 2.01. The molecule has 9 heteroatoms. The van der Waals surface area contributed by atoms with Crippen LogP contribution in [0, 0.1) is 5.41 Å². The summed E-state index contributed by atoms with van der Waals surface area (Å²) >= 11 is 0. The number of nitrogens with zero attached hydrogens (tertiary/aromatic N) is 2. The zero-order chi connectivity index (χ0) is 21.2. The summed E-state index contributed by atoms with van der Waals surface area (Å²) in [5.74, 6) is -0.959. The molecule has 0 aliphatic rings. The van der Waals surface area contributed by atoms with Crippen LogP contribution in [-0.2, 0) is 21.1 Å². The molecule has 0 aliphatic carbocycles. The number of carboxylic acid groups (broad SMARTS) is 1. The fraction of sp³-hybridized carbons (Fsp3) is 0.150. The zero-order valence-electron chi connectivity index (χ0n) is 15.7. The standard InChI is InChI=1S/C20H20N4O4S/c1-29(27,28)18-10-15(13-2-4-14(5-3-13)20(21)22)6-8-17(18)24-11-16(23-12-24)7-9-19(25)26/h2-6,8,10-12H,7,9H2,1H3,(H3,21,22)(H,25,26). The van der Waals surface area contributed by atoms with E-state index in [4.69, 9.17) is 16.2 Å². The number of nitrogens with two attached hydrogens (primary N) is 1. The van der Waals surface area contributed by atoms with Gasteiger partial charge >= 0.3 is 5.97 Å². The summed E-state index contributed by atoms with van der Waals surface area (Å²) in [6, 6.07) is 12.0. The highest BCUT2D eigenvalue weighted by atomic mass is 32.2. The highest BCUT2D eigenvalue weighted by Gasteiger charge is 2.17. The normalized spacial score (nSPS) is 11.3. The topological polar surface area (TPSA) is 139 Å². The lowest BCUT2D eigenvalue weighted by Gasteiger charge is -2.12. The Hall–Kier alpha value is -3.46. The van der Waals surface area contributed by atoms with Crippen LogP contribution in [0.15, 0.2) is 59.9 Å². The van der Waals surface area contributed by atoms with E-state index in [1.165, 1.54) is 6.33 Å². The Morgan fingerprint density at radius 3 is 2.41 bits per heavy atom. The second kappa shape index (κ2) is 7.88. The Morgan fingerprint density at radius 2 is 1.83 bits per heavy atom. The lowest BCUT2D eigenvalue weighted by atomic mass is 10.0. The molecule has 0 atom stereocenters. The average Bonchev–Trinajstić information content (AvgIpc) is 3.14. The summed E-state index contributed by atoms with van der Waals surface area (Å²) in [5.41, 5.74) is 8.55. The highest BCUT2D eigenvalue weighted by molar-refractivity contribution is 7.90. The molecular weight excluding hydrogens is 392 g/mol. The molecule has 0 saturated heterocycles. The minimum absolute atomic E-state index is 0.0393. The smallest absolute Gasteiger partial charge is 0.303 e. The Morgan fingerprint density at radius 1 is 1.17 bits per heavy atom. The summed E-state index contributed by atoms with van der Waals surface area (Å²) in [6.07, 6.45) is 4.45. The summed E-state index contributed by atoms with van der Waals surface area (Å²) in [4.78, 5) is 15.0. The monoisotopic (exact) mass is 412 g/mol. The molecule has 0 bridgehead atoms. The van der Waals surface area contributed by atoms with Crippen molar-refractivity contribution in [3.8, 4) is 16.8 Å². The van der Waals surface area contributed by atoms with Crippen molar-refractivity contribution in [2.24, 2.45) is 5.73 Å². The van der Waals surface area contributed by atoms with E-state index in [1.807, 2.05) is 0 Å². The van der Waals surface area contributed by atoms with Crippen LogP contribution in [0.4, 0.5) is 0 Å². The summed E-state index contributed by atoms with van der Waals surface area (Å²) in [5, 5.41) is 16.3. The van der Waals surface area contributed by atoms with Gasteiger partial charge < -0.3 is 15.4 Å². The van der Waals surface area contributed by atoms with E-state index < -0.39 is 15.8 Å². The number of carboxylic acids is 1. The molecule has 8 nitrogen and oxygen atoms in total. The van der Waals surface area contributed by atoms with Crippen LogP contribution in [0.3, 0.4) is 0 Å². The van der Waals surface area contributed by atoms with Crippen LogP contribution in [0.1, 0.15) is 17.7 Å². The first-order valence-corrected chi connectivity index (χ1v) is 10.6. The second-order valence-corrected chi connectivity index (χ2v) is 8.60. The maximum Gasteiger partial charge on any atom is 0.303 e. The van der Waals surface area contributed by atoms with Crippen molar-refractivity contribution in [2.75, 3.05) is 6.26 Å². The molecule has 1 heterocycles. The predicted molar refractivity (Wildman–Crippen MR) is 109 cm³/mol. The van der Waals surface area contributed by atoms with Gasteiger partial charge in [-0.25, -0.2) is 13.4 Å². The minimum atomic E-state index is -3.55. The van der Waals surface area contributed by atoms with Gasteiger partial charge in [-0.1, -0.05) is 30.3 Å². The van der Waals surface area contributed by atoms with Gasteiger partial charge in [0.15, 0.2) is 9.84 Å². The number of nitrogen functional groups attached to an aromatic ring is 1. The minimum Gasteiger partial charge on any atom is -0.481 e. The van der Waals surface area contributed by atoms with Crippen molar-refractivity contribution < 1.29 is 18.3 Å². The molecule has 2 aromatic carbocycles. The van der Waals surface area contributed by atoms with Gasteiger partial charge in [0.2, 0.25) is 0 Å². The number of aryl methyl sites for hydroxylation is 1. The molecule has 0 saturated carbocycles. The number of amidine groups is 1. The van der Waals surface area contributed by atoms with Gasteiger partial charge in [0.05, 0.1) is 29.0 Å². The fourth-order valence-corrected chi connectivity index (χ4v) is 3.80. The van der Waals surface area contributed by atoms with E-state index >= 15 is 0 Å². The average molecular weight is 412 g/mol. The van der Waals surface area contributed by atoms with Gasteiger partial charge in [0, 0.05) is 24.4 Å². The van der Waals surface area contributed by atoms with E-state index in [9.17, 15) is 13.2 Å². The Kier molecular flexibility index (Phi) is 5.51. The van der Waals surface area contributed by atoms with Crippen molar-refractivity contribution in [1.29, 1.82) is 5.41 Å². The molecule has 150 valence electrons. The number of carbonyl (C=O) groups is 1. The molecule has 0 radical (unpaired) electrons. The van der Waals surface area contributed by atoms with Gasteiger partial charge in [-0.3, -0.25) is 10.2 Å². The molecule has 0 unspecified atom stereocenters. The molecule has 4 N–H and O–H groups in total. The van der Waals surface area contributed by atoms with Crippen molar-refractivity contribution in [1.82, 2.24) is 9.55 Å².